The van der Waals surface area contributed by atoms with Crippen molar-refractivity contribution in [3.05, 3.63) is 23.8 Å². The third-order valence-electron chi connectivity index (χ3n) is 2.73. The summed E-state index contributed by atoms with van der Waals surface area (Å²) in [6.45, 7) is 5.74. The summed E-state index contributed by atoms with van der Waals surface area (Å²) in [5.41, 5.74) is 1.01. The molecule has 0 saturated carbocycles. The molecule has 5 nitrogen and oxygen atoms in total. The molecular weight excluding hydrogens is 264 g/mol. The van der Waals surface area contributed by atoms with E-state index in [2.05, 4.69) is 5.32 Å². The first-order chi connectivity index (χ1) is 8.70. The van der Waals surface area contributed by atoms with Gasteiger partial charge in [-0.2, -0.15) is 0 Å². The number of carbonyl (C=O) groups excluding carboxylic acids is 1. The number of nitrogens with one attached hydrogen (secondary N) is 1. The number of sulfonamides is 1. The van der Waals surface area contributed by atoms with Gasteiger partial charge in [-0.3, -0.25) is 4.79 Å². The number of rotatable bonds is 5. The van der Waals surface area contributed by atoms with Crippen molar-refractivity contribution >= 4 is 21.6 Å². The average molecular weight is 284 g/mol. The van der Waals surface area contributed by atoms with Gasteiger partial charge in [-0.15, -0.1) is 0 Å². The van der Waals surface area contributed by atoms with E-state index in [4.69, 9.17) is 5.14 Å². The molecule has 0 saturated heterocycles. The lowest BCUT2D eigenvalue weighted by molar-refractivity contribution is -0.116. The number of benzene rings is 1. The van der Waals surface area contributed by atoms with E-state index in [-0.39, 0.29) is 10.8 Å². The Morgan fingerprint density at radius 1 is 1.37 bits per heavy atom. The highest BCUT2D eigenvalue weighted by atomic mass is 32.2. The number of anilines is 1. The van der Waals surface area contributed by atoms with Crippen LogP contribution in [-0.4, -0.2) is 14.3 Å². The van der Waals surface area contributed by atoms with Crippen molar-refractivity contribution in [3.8, 4) is 0 Å². The molecule has 1 rings (SSSR count). The third-order valence-corrected chi connectivity index (χ3v) is 3.78. The van der Waals surface area contributed by atoms with Gasteiger partial charge in [-0.25, -0.2) is 13.6 Å². The molecule has 0 radical (unpaired) electrons. The van der Waals surface area contributed by atoms with Crippen LogP contribution in [0.25, 0.3) is 0 Å². The molecule has 0 bridgehead atoms. The lowest BCUT2D eigenvalue weighted by Gasteiger charge is -2.09. The van der Waals surface area contributed by atoms with Crippen molar-refractivity contribution < 1.29 is 13.2 Å². The maximum Gasteiger partial charge on any atom is 0.238 e. The number of carbonyl (C=O) groups is 1. The molecule has 0 unspecified atom stereocenters. The van der Waals surface area contributed by atoms with Gasteiger partial charge >= 0.3 is 0 Å². The van der Waals surface area contributed by atoms with Gasteiger partial charge in [0, 0.05) is 12.1 Å². The first kappa shape index (κ1) is 15.7. The molecule has 3 N–H and O–H groups in total. The number of hydrogen-bond acceptors (Lipinski definition) is 3. The lowest BCUT2D eigenvalue weighted by atomic mass is 10.1. The largest absolute Gasteiger partial charge is 0.326 e. The van der Waals surface area contributed by atoms with Crippen LogP contribution in [0, 0.1) is 12.8 Å². The molecule has 19 heavy (non-hydrogen) atoms. The van der Waals surface area contributed by atoms with Crippen LogP contribution in [0.2, 0.25) is 0 Å². The van der Waals surface area contributed by atoms with Crippen molar-refractivity contribution in [2.24, 2.45) is 11.1 Å². The Morgan fingerprint density at radius 3 is 2.53 bits per heavy atom. The second-order valence-electron chi connectivity index (χ2n) is 5.01. The SMILES string of the molecule is Cc1ccc(NC(=O)CCC(C)C)cc1S(N)(=O)=O. The maximum absolute atomic E-state index is 11.7. The molecule has 0 spiro atoms. The van der Waals surface area contributed by atoms with Gasteiger partial charge in [0.25, 0.3) is 0 Å². The van der Waals surface area contributed by atoms with E-state index in [0.29, 0.717) is 23.6 Å². The summed E-state index contributed by atoms with van der Waals surface area (Å²) < 4.78 is 22.7. The minimum Gasteiger partial charge on any atom is -0.326 e. The number of aryl methyl sites for hydroxylation is 1. The van der Waals surface area contributed by atoms with Crippen LogP contribution in [0.15, 0.2) is 23.1 Å². The summed E-state index contributed by atoms with van der Waals surface area (Å²) in [7, 11) is -3.77. The lowest BCUT2D eigenvalue weighted by Crippen LogP contribution is -2.16. The summed E-state index contributed by atoms with van der Waals surface area (Å²) in [5, 5.41) is 7.79. The summed E-state index contributed by atoms with van der Waals surface area (Å²) in [6, 6.07) is 4.67. The zero-order valence-corrected chi connectivity index (χ0v) is 12.3. The maximum atomic E-state index is 11.7. The molecule has 0 aliphatic heterocycles. The van der Waals surface area contributed by atoms with E-state index >= 15 is 0 Å². The van der Waals surface area contributed by atoms with E-state index in [1.165, 1.54) is 6.07 Å². The van der Waals surface area contributed by atoms with Gasteiger partial charge in [0.15, 0.2) is 0 Å². The van der Waals surface area contributed by atoms with Gasteiger partial charge < -0.3 is 5.32 Å². The highest BCUT2D eigenvalue weighted by molar-refractivity contribution is 7.89. The topological polar surface area (TPSA) is 89.3 Å². The highest BCUT2D eigenvalue weighted by Gasteiger charge is 2.13. The van der Waals surface area contributed by atoms with Crippen LogP contribution in [0.3, 0.4) is 0 Å². The molecular formula is C13H20N2O3S. The van der Waals surface area contributed by atoms with E-state index in [9.17, 15) is 13.2 Å². The first-order valence-electron chi connectivity index (χ1n) is 6.13. The van der Waals surface area contributed by atoms with Gasteiger partial charge in [0.1, 0.15) is 0 Å². The minimum absolute atomic E-state index is 0.0363. The fraction of sp³-hybridized carbons (Fsp3) is 0.462. The van der Waals surface area contributed by atoms with Crippen molar-refractivity contribution in [2.45, 2.75) is 38.5 Å². The average Bonchev–Trinajstić information content (AvgIpc) is 2.27. The van der Waals surface area contributed by atoms with Crippen molar-refractivity contribution in [2.75, 3.05) is 5.32 Å². The van der Waals surface area contributed by atoms with Crippen molar-refractivity contribution in [3.63, 3.8) is 0 Å². The summed E-state index contributed by atoms with van der Waals surface area (Å²) in [6.07, 6.45) is 1.20. The van der Waals surface area contributed by atoms with Crippen LogP contribution >= 0.6 is 0 Å². The van der Waals surface area contributed by atoms with Crippen LogP contribution < -0.4 is 10.5 Å². The van der Waals surface area contributed by atoms with E-state index in [0.717, 1.165) is 6.42 Å². The van der Waals surface area contributed by atoms with Crippen molar-refractivity contribution in [1.29, 1.82) is 0 Å². The second-order valence-corrected chi connectivity index (χ2v) is 6.54. The molecule has 0 aromatic heterocycles. The molecule has 1 amide bonds. The summed E-state index contributed by atoms with van der Waals surface area (Å²) in [4.78, 5) is 11.7. The minimum atomic E-state index is -3.77. The van der Waals surface area contributed by atoms with Gasteiger partial charge in [0.05, 0.1) is 4.90 Å². The Kier molecular flexibility index (Phi) is 5.08. The summed E-state index contributed by atoms with van der Waals surface area (Å²) >= 11 is 0. The monoisotopic (exact) mass is 284 g/mol. The Morgan fingerprint density at radius 2 is 2.00 bits per heavy atom. The number of nitrogens with two attached hydrogens (primary N) is 1. The molecule has 0 aliphatic carbocycles. The molecule has 1 aromatic carbocycles. The normalized spacial score (nSPS) is 11.6. The smallest absolute Gasteiger partial charge is 0.238 e. The number of hydrogen-bond donors (Lipinski definition) is 2. The molecule has 6 heteroatoms. The Labute approximate surface area is 114 Å². The first-order valence-corrected chi connectivity index (χ1v) is 7.68. The van der Waals surface area contributed by atoms with Crippen LogP contribution in [0.4, 0.5) is 5.69 Å². The Bertz CT molecular complexity index is 565. The zero-order valence-electron chi connectivity index (χ0n) is 11.4. The predicted octanol–water partition coefficient (Wildman–Crippen LogP) is 2.02. The Hall–Kier alpha value is -1.40. The molecule has 1 aromatic rings. The standard InChI is InChI=1S/C13H20N2O3S/c1-9(2)4-7-13(16)15-11-6-5-10(3)12(8-11)19(14,17)18/h5-6,8-9H,4,7H2,1-3H3,(H,15,16)(H2,14,17,18). The second kappa shape index (κ2) is 6.16. The summed E-state index contributed by atoms with van der Waals surface area (Å²) in [5.74, 6) is 0.321. The van der Waals surface area contributed by atoms with Gasteiger partial charge in [-0.1, -0.05) is 19.9 Å². The molecule has 0 atom stereocenters. The van der Waals surface area contributed by atoms with Gasteiger partial charge in [0.2, 0.25) is 15.9 Å². The molecule has 106 valence electrons. The number of primary sulfonamides is 1. The Balaban J connectivity index is 2.84. The van der Waals surface area contributed by atoms with Gasteiger partial charge in [-0.05, 0) is 37.0 Å². The van der Waals surface area contributed by atoms with Crippen LogP contribution in [0.5, 0.6) is 0 Å². The fourth-order valence-electron chi connectivity index (χ4n) is 1.63. The zero-order chi connectivity index (χ0) is 14.6. The predicted molar refractivity (Wildman–Crippen MR) is 75.3 cm³/mol. The van der Waals surface area contributed by atoms with E-state index in [1.54, 1.807) is 19.1 Å². The van der Waals surface area contributed by atoms with E-state index in [1.807, 2.05) is 13.8 Å². The van der Waals surface area contributed by atoms with E-state index < -0.39 is 10.0 Å². The van der Waals surface area contributed by atoms with Crippen molar-refractivity contribution in [1.82, 2.24) is 0 Å². The van der Waals surface area contributed by atoms with Crippen LogP contribution in [0.1, 0.15) is 32.3 Å². The molecule has 0 aliphatic rings. The highest BCUT2D eigenvalue weighted by Crippen LogP contribution is 2.19. The third kappa shape index (κ3) is 5.00. The van der Waals surface area contributed by atoms with Crippen LogP contribution in [-0.2, 0) is 14.8 Å². The quantitative estimate of drug-likeness (QED) is 0.866. The number of amides is 1. The molecule has 0 fully saturated rings. The molecule has 0 heterocycles. The fourth-order valence-corrected chi connectivity index (χ4v) is 2.44.